The van der Waals surface area contributed by atoms with E-state index in [1.807, 2.05) is 0 Å². The van der Waals surface area contributed by atoms with Crippen molar-refractivity contribution >= 4 is 0 Å². The first kappa shape index (κ1) is 8.21. The van der Waals surface area contributed by atoms with Crippen LogP contribution < -0.4 is 5.32 Å². The Morgan fingerprint density at radius 1 is 1.31 bits per heavy atom. The summed E-state index contributed by atoms with van der Waals surface area (Å²) in [5, 5.41) is 3.58. The number of hydrogen-bond acceptors (Lipinski definition) is 3. The van der Waals surface area contributed by atoms with Gasteiger partial charge in [0.25, 0.3) is 0 Å². The SMILES string of the molecule is C1COC2(COC2)C(CC2CC2)N1. The lowest BCUT2D eigenvalue weighted by Gasteiger charge is -2.49. The summed E-state index contributed by atoms with van der Waals surface area (Å²) < 4.78 is 11.1. The molecule has 74 valence electrons. The minimum absolute atomic E-state index is 0.0564. The number of morpholine rings is 1. The van der Waals surface area contributed by atoms with Crippen LogP contribution in [0.25, 0.3) is 0 Å². The molecule has 0 radical (unpaired) electrons. The highest BCUT2D eigenvalue weighted by Gasteiger charge is 2.49. The molecule has 1 spiro atoms. The summed E-state index contributed by atoms with van der Waals surface area (Å²) in [5.41, 5.74) is 0.0564. The molecule has 3 nitrogen and oxygen atoms in total. The van der Waals surface area contributed by atoms with E-state index in [1.165, 1.54) is 19.3 Å². The molecule has 1 unspecified atom stereocenters. The molecule has 3 heteroatoms. The van der Waals surface area contributed by atoms with Gasteiger partial charge in [0.15, 0.2) is 0 Å². The summed E-state index contributed by atoms with van der Waals surface area (Å²) in [6, 6.07) is 0.558. The Hall–Kier alpha value is -0.120. The van der Waals surface area contributed by atoms with E-state index in [0.29, 0.717) is 6.04 Å². The lowest BCUT2D eigenvalue weighted by atomic mass is 9.87. The van der Waals surface area contributed by atoms with Crippen LogP contribution in [-0.2, 0) is 9.47 Å². The Kier molecular flexibility index (Phi) is 1.86. The van der Waals surface area contributed by atoms with Crippen molar-refractivity contribution in [1.82, 2.24) is 5.32 Å². The first-order valence-corrected chi connectivity index (χ1v) is 5.34. The van der Waals surface area contributed by atoms with E-state index in [0.717, 1.165) is 32.3 Å². The Bertz CT molecular complexity index is 199. The summed E-state index contributed by atoms with van der Waals surface area (Å²) in [5.74, 6) is 0.969. The molecule has 13 heavy (non-hydrogen) atoms. The van der Waals surface area contributed by atoms with Gasteiger partial charge in [-0.15, -0.1) is 0 Å². The fourth-order valence-corrected chi connectivity index (χ4v) is 2.35. The number of ether oxygens (including phenoxy) is 2. The molecule has 2 heterocycles. The Morgan fingerprint density at radius 2 is 2.15 bits per heavy atom. The van der Waals surface area contributed by atoms with Crippen molar-refractivity contribution in [1.29, 1.82) is 0 Å². The molecule has 3 fully saturated rings. The highest BCUT2D eigenvalue weighted by Crippen LogP contribution is 2.39. The molecule has 3 rings (SSSR count). The quantitative estimate of drug-likeness (QED) is 0.678. The van der Waals surface area contributed by atoms with Crippen LogP contribution in [0.2, 0.25) is 0 Å². The first-order chi connectivity index (χ1) is 6.39. The minimum Gasteiger partial charge on any atom is -0.375 e. The zero-order valence-electron chi connectivity index (χ0n) is 7.92. The van der Waals surface area contributed by atoms with Crippen LogP contribution in [0, 0.1) is 5.92 Å². The van der Waals surface area contributed by atoms with E-state index in [-0.39, 0.29) is 5.60 Å². The predicted molar refractivity (Wildman–Crippen MR) is 48.6 cm³/mol. The predicted octanol–water partition coefficient (Wildman–Crippen LogP) is 0.544. The second-order valence-corrected chi connectivity index (χ2v) is 4.59. The molecule has 1 saturated carbocycles. The van der Waals surface area contributed by atoms with Gasteiger partial charge in [-0.1, -0.05) is 12.8 Å². The molecule has 1 aliphatic carbocycles. The minimum atomic E-state index is 0.0564. The maximum absolute atomic E-state index is 5.86. The fraction of sp³-hybridized carbons (Fsp3) is 1.00. The molecule has 1 N–H and O–H groups in total. The monoisotopic (exact) mass is 183 g/mol. The van der Waals surface area contributed by atoms with Gasteiger partial charge >= 0.3 is 0 Å². The number of hydrogen-bond donors (Lipinski definition) is 1. The third-order valence-electron chi connectivity index (χ3n) is 3.48. The maximum Gasteiger partial charge on any atom is 0.130 e. The molecule has 0 aromatic rings. The summed E-state index contributed by atoms with van der Waals surface area (Å²) >= 11 is 0. The average molecular weight is 183 g/mol. The Morgan fingerprint density at radius 3 is 2.77 bits per heavy atom. The molecule has 0 bridgehead atoms. The van der Waals surface area contributed by atoms with Crippen LogP contribution in [0.3, 0.4) is 0 Å². The normalized spacial score (nSPS) is 37.4. The number of rotatable bonds is 2. The third-order valence-corrected chi connectivity index (χ3v) is 3.48. The topological polar surface area (TPSA) is 30.5 Å². The molecule has 3 aliphatic rings. The lowest BCUT2D eigenvalue weighted by molar-refractivity contribution is -0.238. The van der Waals surface area contributed by atoms with Crippen LogP contribution in [0.1, 0.15) is 19.3 Å². The molecular formula is C10H17NO2. The van der Waals surface area contributed by atoms with Gasteiger partial charge in [0.05, 0.1) is 19.8 Å². The molecule has 2 saturated heterocycles. The summed E-state index contributed by atoms with van der Waals surface area (Å²) in [6.45, 7) is 3.47. The van der Waals surface area contributed by atoms with E-state index in [1.54, 1.807) is 0 Å². The van der Waals surface area contributed by atoms with Crippen molar-refractivity contribution in [2.75, 3.05) is 26.4 Å². The van der Waals surface area contributed by atoms with Gasteiger partial charge in [0.2, 0.25) is 0 Å². The highest BCUT2D eigenvalue weighted by molar-refractivity contribution is 5.02. The van der Waals surface area contributed by atoms with Crippen LogP contribution in [-0.4, -0.2) is 38.0 Å². The highest BCUT2D eigenvalue weighted by atomic mass is 16.6. The molecule has 0 aromatic heterocycles. The summed E-state index contributed by atoms with van der Waals surface area (Å²) in [7, 11) is 0. The van der Waals surface area contributed by atoms with E-state index >= 15 is 0 Å². The summed E-state index contributed by atoms with van der Waals surface area (Å²) in [6.07, 6.45) is 4.15. The van der Waals surface area contributed by atoms with Crippen molar-refractivity contribution in [3.63, 3.8) is 0 Å². The van der Waals surface area contributed by atoms with Gasteiger partial charge in [-0.2, -0.15) is 0 Å². The van der Waals surface area contributed by atoms with Crippen molar-refractivity contribution in [3.05, 3.63) is 0 Å². The zero-order valence-corrected chi connectivity index (χ0v) is 7.92. The molecule has 2 aliphatic heterocycles. The van der Waals surface area contributed by atoms with Crippen molar-refractivity contribution in [3.8, 4) is 0 Å². The summed E-state index contributed by atoms with van der Waals surface area (Å²) in [4.78, 5) is 0. The maximum atomic E-state index is 5.86. The second kappa shape index (κ2) is 2.94. The smallest absolute Gasteiger partial charge is 0.130 e. The lowest BCUT2D eigenvalue weighted by Crippen LogP contribution is -2.68. The third kappa shape index (κ3) is 1.39. The van der Waals surface area contributed by atoms with Crippen molar-refractivity contribution in [2.45, 2.75) is 30.9 Å². The van der Waals surface area contributed by atoms with Crippen LogP contribution in [0.4, 0.5) is 0 Å². The van der Waals surface area contributed by atoms with E-state index in [9.17, 15) is 0 Å². The largest absolute Gasteiger partial charge is 0.375 e. The van der Waals surface area contributed by atoms with Gasteiger partial charge < -0.3 is 14.8 Å². The Labute approximate surface area is 78.8 Å². The molecule has 0 amide bonds. The van der Waals surface area contributed by atoms with Crippen LogP contribution >= 0.6 is 0 Å². The molecular weight excluding hydrogens is 166 g/mol. The van der Waals surface area contributed by atoms with E-state index < -0.39 is 0 Å². The second-order valence-electron chi connectivity index (χ2n) is 4.59. The molecule has 0 aromatic carbocycles. The van der Waals surface area contributed by atoms with E-state index in [2.05, 4.69) is 5.32 Å². The van der Waals surface area contributed by atoms with Crippen molar-refractivity contribution in [2.24, 2.45) is 5.92 Å². The van der Waals surface area contributed by atoms with Crippen LogP contribution in [0.15, 0.2) is 0 Å². The van der Waals surface area contributed by atoms with Crippen molar-refractivity contribution < 1.29 is 9.47 Å². The average Bonchev–Trinajstić information content (AvgIpc) is 2.86. The van der Waals surface area contributed by atoms with Gasteiger partial charge in [-0.25, -0.2) is 0 Å². The number of nitrogens with one attached hydrogen (secondary N) is 1. The van der Waals surface area contributed by atoms with Gasteiger partial charge in [-0.05, 0) is 12.3 Å². The van der Waals surface area contributed by atoms with E-state index in [4.69, 9.17) is 9.47 Å². The van der Waals surface area contributed by atoms with Gasteiger partial charge in [0.1, 0.15) is 5.60 Å². The molecule has 1 atom stereocenters. The fourth-order valence-electron chi connectivity index (χ4n) is 2.35. The zero-order chi connectivity index (χ0) is 8.73. The van der Waals surface area contributed by atoms with Crippen LogP contribution in [0.5, 0.6) is 0 Å². The van der Waals surface area contributed by atoms with Gasteiger partial charge in [-0.3, -0.25) is 0 Å². The first-order valence-electron chi connectivity index (χ1n) is 5.34. The standard InChI is InChI=1S/C10H17NO2/c1-2-8(1)5-9-10(6-12-7-10)13-4-3-11-9/h8-9,11H,1-7H2. The Balaban J connectivity index is 1.66. The van der Waals surface area contributed by atoms with Gasteiger partial charge in [0, 0.05) is 12.6 Å².